The molecule has 3 N–H and O–H groups in total. The maximum atomic E-state index is 11.9. The standard InChI is InChI=1S/C13H17BrN2O3/c1-19-8-5-6-9(14)11(7-8)16-13(18)15-10-3-2-4-12(10)17/h5-7,10,12,17H,2-4H2,1H3,(H2,15,16,18)/t10-,12+/m1/s1. The van der Waals surface area contributed by atoms with Crippen LogP contribution in [0.3, 0.4) is 0 Å². The first-order valence-electron chi connectivity index (χ1n) is 6.19. The van der Waals surface area contributed by atoms with E-state index in [0.717, 1.165) is 23.7 Å². The summed E-state index contributed by atoms with van der Waals surface area (Å²) in [6.07, 6.45) is 2.05. The predicted octanol–water partition coefficient (Wildman–Crippen LogP) is 2.49. The lowest BCUT2D eigenvalue weighted by molar-refractivity contribution is 0.151. The molecule has 1 aliphatic carbocycles. The zero-order valence-corrected chi connectivity index (χ0v) is 12.2. The van der Waals surface area contributed by atoms with Crippen LogP contribution in [0.2, 0.25) is 0 Å². The first-order chi connectivity index (χ1) is 9.10. The molecular formula is C13H17BrN2O3. The number of carbonyl (C=O) groups is 1. The highest BCUT2D eigenvalue weighted by Gasteiger charge is 2.26. The van der Waals surface area contributed by atoms with E-state index in [0.29, 0.717) is 11.4 Å². The number of benzene rings is 1. The average Bonchev–Trinajstić information content (AvgIpc) is 2.78. The van der Waals surface area contributed by atoms with Gasteiger partial charge in [-0.3, -0.25) is 0 Å². The molecule has 0 aliphatic heterocycles. The molecule has 0 radical (unpaired) electrons. The van der Waals surface area contributed by atoms with Gasteiger partial charge in [0.15, 0.2) is 0 Å². The Morgan fingerprint density at radius 3 is 2.89 bits per heavy atom. The molecule has 5 nitrogen and oxygen atoms in total. The van der Waals surface area contributed by atoms with Crippen molar-refractivity contribution in [2.24, 2.45) is 0 Å². The fourth-order valence-corrected chi connectivity index (χ4v) is 2.51. The number of anilines is 1. The highest BCUT2D eigenvalue weighted by molar-refractivity contribution is 9.10. The van der Waals surface area contributed by atoms with E-state index in [1.807, 2.05) is 0 Å². The van der Waals surface area contributed by atoms with Crippen molar-refractivity contribution in [1.29, 1.82) is 0 Å². The second-order valence-corrected chi connectivity index (χ2v) is 5.40. The number of halogens is 1. The highest BCUT2D eigenvalue weighted by Crippen LogP contribution is 2.27. The van der Waals surface area contributed by atoms with E-state index >= 15 is 0 Å². The van der Waals surface area contributed by atoms with Crippen molar-refractivity contribution < 1.29 is 14.6 Å². The molecule has 1 aromatic carbocycles. The summed E-state index contributed by atoms with van der Waals surface area (Å²) in [5, 5.41) is 15.2. The third-order valence-electron chi connectivity index (χ3n) is 3.22. The monoisotopic (exact) mass is 328 g/mol. The van der Waals surface area contributed by atoms with Gasteiger partial charge in [0.25, 0.3) is 0 Å². The van der Waals surface area contributed by atoms with Gasteiger partial charge in [-0.05, 0) is 47.3 Å². The normalized spacial score (nSPS) is 22.1. The van der Waals surface area contributed by atoms with Crippen LogP contribution in [0.15, 0.2) is 22.7 Å². The number of rotatable bonds is 3. The molecule has 0 unspecified atom stereocenters. The number of amides is 2. The Balaban J connectivity index is 1.98. The number of nitrogens with one attached hydrogen (secondary N) is 2. The molecule has 1 aliphatic rings. The number of aliphatic hydroxyl groups is 1. The van der Waals surface area contributed by atoms with Crippen molar-refractivity contribution in [2.45, 2.75) is 31.4 Å². The number of hydrogen-bond acceptors (Lipinski definition) is 3. The topological polar surface area (TPSA) is 70.6 Å². The van der Waals surface area contributed by atoms with Crippen LogP contribution in [0.5, 0.6) is 5.75 Å². The van der Waals surface area contributed by atoms with Crippen molar-refractivity contribution in [3.63, 3.8) is 0 Å². The summed E-state index contributed by atoms with van der Waals surface area (Å²) in [6.45, 7) is 0. The van der Waals surface area contributed by atoms with Crippen LogP contribution in [0.25, 0.3) is 0 Å². The van der Waals surface area contributed by atoms with Crippen LogP contribution in [0.4, 0.5) is 10.5 Å². The molecular weight excluding hydrogens is 312 g/mol. The van der Waals surface area contributed by atoms with E-state index < -0.39 is 6.10 Å². The maximum Gasteiger partial charge on any atom is 0.319 e. The zero-order chi connectivity index (χ0) is 13.8. The highest BCUT2D eigenvalue weighted by atomic mass is 79.9. The Bertz CT molecular complexity index is 467. The summed E-state index contributed by atoms with van der Waals surface area (Å²) >= 11 is 3.37. The van der Waals surface area contributed by atoms with Gasteiger partial charge in [0.1, 0.15) is 5.75 Å². The van der Waals surface area contributed by atoms with Gasteiger partial charge in [-0.1, -0.05) is 0 Å². The molecule has 104 valence electrons. The quantitative estimate of drug-likeness (QED) is 0.798. The molecule has 0 aromatic heterocycles. The summed E-state index contributed by atoms with van der Waals surface area (Å²) in [4.78, 5) is 11.9. The number of aliphatic hydroxyl groups excluding tert-OH is 1. The van der Waals surface area contributed by atoms with Crippen molar-refractivity contribution in [3.8, 4) is 5.75 Å². The number of hydrogen-bond donors (Lipinski definition) is 3. The third kappa shape index (κ3) is 3.61. The predicted molar refractivity (Wildman–Crippen MR) is 76.5 cm³/mol. The molecule has 2 atom stereocenters. The largest absolute Gasteiger partial charge is 0.497 e. The molecule has 2 amide bonds. The molecule has 2 rings (SSSR count). The Kier molecular flexibility index (Phi) is 4.66. The summed E-state index contributed by atoms with van der Waals surface area (Å²) in [6, 6.07) is 4.85. The minimum atomic E-state index is -0.445. The Hall–Kier alpha value is -1.27. The summed E-state index contributed by atoms with van der Waals surface area (Å²) < 4.78 is 5.88. The van der Waals surface area contributed by atoms with E-state index in [9.17, 15) is 9.90 Å². The summed E-state index contributed by atoms with van der Waals surface area (Å²) in [5.74, 6) is 0.666. The molecule has 19 heavy (non-hydrogen) atoms. The lowest BCUT2D eigenvalue weighted by Gasteiger charge is -2.17. The Morgan fingerprint density at radius 2 is 2.26 bits per heavy atom. The van der Waals surface area contributed by atoms with E-state index in [-0.39, 0.29) is 12.1 Å². The maximum absolute atomic E-state index is 11.9. The van der Waals surface area contributed by atoms with Gasteiger partial charge in [0, 0.05) is 10.5 Å². The van der Waals surface area contributed by atoms with E-state index in [1.165, 1.54) is 0 Å². The van der Waals surface area contributed by atoms with Gasteiger partial charge in [0.05, 0.1) is 24.9 Å². The summed E-state index contributed by atoms with van der Waals surface area (Å²) in [7, 11) is 1.57. The van der Waals surface area contributed by atoms with Crippen LogP contribution in [0.1, 0.15) is 19.3 Å². The van der Waals surface area contributed by atoms with Gasteiger partial charge in [0.2, 0.25) is 0 Å². The first-order valence-corrected chi connectivity index (χ1v) is 6.98. The van der Waals surface area contributed by atoms with Gasteiger partial charge in [-0.25, -0.2) is 4.79 Å². The number of methoxy groups -OCH3 is 1. The van der Waals surface area contributed by atoms with Crippen molar-refractivity contribution in [2.75, 3.05) is 12.4 Å². The van der Waals surface area contributed by atoms with Crippen LogP contribution in [-0.2, 0) is 0 Å². The molecule has 0 spiro atoms. The second-order valence-electron chi connectivity index (χ2n) is 4.55. The SMILES string of the molecule is COc1ccc(Br)c(NC(=O)N[C@@H]2CCC[C@@H]2O)c1. The Labute approximate surface area is 120 Å². The minimum absolute atomic E-state index is 0.163. The smallest absolute Gasteiger partial charge is 0.319 e. The first kappa shape index (κ1) is 14.1. The molecule has 6 heteroatoms. The molecule has 1 fully saturated rings. The fraction of sp³-hybridized carbons (Fsp3) is 0.462. The zero-order valence-electron chi connectivity index (χ0n) is 10.6. The van der Waals surface area contributed by atoms with Gasteiger partial charge in [-0.2, -0.15) is 0 Å². The number of ether oxygens (including phenoxy) is 1. The van der Waals surface area contributed by atoms with Crippen LogP contribution < -0.4 is 15.4 Å². The van der Waals surface area contributed by atoms with Crippen molar-refractivity contribution in [3.05, 3.63) is 22.7 Å². The van der Waals surface area contributed by atoms with Gasteiger partial charge in [-0.15, -0.1) is 0 Å². The van der Waals surface area contributed by atoms with Crippen LogP contribution in [-0.4, -0.2) is 30.4 Å². The van der Waals surface area contributed by atoms with Crippen LogP contribution in [0, 0.1) is 0 Å². The van der Waals surface area contributed by atoms with E-state index in [1.54, 1.807) is 25.3 Å². The molecule has 0 saturated heterocycles. The number of carbonyl (C=O) groups excluding carboxylic acids is 1. The summed E-state index contributed by atoms with van der Waals surface area (Å²) in [5.41, 5.74) is 0.629. The van der Waals surface area contributed by atoms with Crippen molar-refractivity contribution >= 4 is 27.6 Å². The van der Waals surface area contributed by atoms with Gasteiger partial charge >= 0.3 is 6.03 Å². The third-order valence-corrected chi connectivity index (χ3v) is 3.91. The van der Waals surface area contributed by atoms with Crippen molar-refractivity contribution in [1.82, 2.24) is 5.32 Å². The minimum Gasteiger partial charge on any atom is -0.497 e. The number of urea groups is 1. The van der Waals surface area contributed by atoms with Crippen LogP contribution >= 0.6 is 15.9 Å². The lowest BCUT2D eigenvalue weighted by Crippen LogP contribution is -2.42. The van der Waals surface area contributed by atoms with Gasteiger partial charge < -0.3 is 20.5 Å². The lowest BCUT2D eigenvalue weighted by atomic mass is 10.2. The molecule has 0 bridgehead atoms. The molecule has 1 saturated carbocycles. The van der Waals surface area contributed by atoms with E-state index in [2.05, 4.69) is 26.6 Å². The second kappa shape index (κ2) is 6.25. The fourth-order valence-electron chi connectivity index (χ4n) is 2.16. The molecule has 1 aromatic rings. The van der Waals surface area contributed by atoms with E-state index in [4.69, 9.17) is 4.74 Å². The molecule has 0 heterocycles. The average molecular weight is 329 g/mol. The Morgan fingerprint density at radius 1 is 1.47 bits per heavy atom.